The van der Waals surface area contributed by atoms with Crippen molar-refractivity contribution in [1.29, 1.82) is 0 Å². The molecule has 0 fully saturated rings. The summed E-state index contributed by atoms with van der Waals surface area (Å²) in [6, 6.07) is 5.26. The molecule has 7 heteroatoms. The van der Waals surface area contributed by atoms with Gasteiger partial charge in [0.1, 0.15) is 6.61 Å². The van der Waals surface area contributed by atoms with Crippen LogP contribution < -0.4 is 14.8 Å². The molecule has 1 aromatic carbocycles. The molecule has 0 bridgehead atoms. The number of amides is 1. The van der Waals surface area contributed by atoms with E-state index in [0.717, 1.165) is 5.56 Å². The van der Waals surface area contributed by atoms with Gasteiger partial charge in [-0.1, -0.05) is 18.7 Å². The number of carboxylic acids is 1. The van der Waals surface area contributed by atoms with E-state index >= 15 is 0 Å². The third kappa shape index (κ3) is 4.15. The fourth-order valence-electron chi connectivity index (χ4n) is 1.99. The maximum atomic E-state index is 11.3. The van der Waals surface area contributed by atoms with Crippen molar-refractivity contribution in [1.82, 2.24) is 5.32 Å². The van der Waals surface area contributed by atoms with Gasteiger partial charge in [0.15, 0.2) is 11.5 Å². The lowest BCUT2D eigenvalue weighted by Crippen LogP contribution is -2.34. The first-order valence-electron chi connectivity index (χ1n) is 6.73. The lowest BCUT2D eigenvalue weighted by Gasteiger charge is -2.13. The molecule has 0 saturated heterocycles. The van der Waals surface area contributed by atoms with E-state index < -0.39 is 18.0 Å². The molecule has 0 aliphatic carbocycles. The van der Waals surface area contributed by atoms with Gasteiger partial charge in [0, 0.05) is 6.54 Å². The lowest BCUT2D eigenvalue weighted by atomic mass is 9.99. The van der Waals surface area contributed by atoms with Crippen LogP contribution in [0.4, 0.5) is 4.79 Å². The van der Waals surface area contributed by atoms with E-state index in [0.29, 0.717) is 11.5 Å². The zero-order valence-corrected chi connectivity index (χ0v) is 11.9. The predicted octanol–water partition coefficient (Wildman–Crippen LogP) is 1.57. The van der Waals surface area contributed by atoms with Gasteiger partial charge in [-0.05, 0) is 24.1 Å². The van der Waals surface area contributed by atoms with E-state index in [-0.39, 0.29) is 26.4 Å². The molecule has 0 spiro atoms. The number of alkyl carbamates (subject to hydrolysis) is 1. The summed E-state index contributed by atoms with van der Waals surface area (Å²) in [6.45, 7) is 3.63. The molecule has 2 N–H and O–H groups in total. The van der Waals surface area contributed by atoms with Crippen LogP contribution in [0.25, 0.3) is 0 Å². The number of benzene rings is 1. The van der Waals surface area contributed by atoms with Crippen LogP contribution in [0.15, 0.2) is 30.9 Å². The zero-order chi connectivity index (χ0) is 15.9. The minimum atomic E-state index is -0.998. The molecule has 1 aliphatic rings. The number of carbonyl (C=O) groups excluding carboxylic acids is 1. The molecule has 0 radical (unpaired) electrons. The number of carboxylic acid groups (broad SMARTS) is 1. The van der Waals surface area contributed by atoms with Crippen molar-refractivity contribution in [3.8, 4) is 11.5 Å². The molecule has 0 saturated carbocycles. The molecule has 1 aliphatic heterocycles. The molecule has 1 aromatic rings. The van der Waals surface area contributed by atoms with Crippen LogP contribution >= 0.6 is 0 Å². The minimum absolute atomic E-state index is 0.0280. The van der Waals surface area contributed by atoms with Crippen LogP contribution in [0.3, 0.4) is 0 Å². The first kappa shape index (κ1) is 15.7. The van der Waals surface area contributed by atoms with E-state index in [2.05, 4.69) is 11.9 Å². The molecule has 7 nitrogen and oxygen atoms in total. The molecular weight excluding hydrogens is 290 g/mol. The van der Waals surface area contributed by atoms with Gasteiger partial charge in [-0.15, -0.1) is 0 Å². The normalized spacial score (nSPS) is 13.3. The SMILES string of the molecule is C=CCOC(=O)NCC(Cc1ccc2c(c1)OCO2)C(=O)O. The summed E-state index contributed by atoms with van der Waals surface area (Å²) in [6.07, 6.45) is 1.02. The van der Waals surface area contributed by atoms with Crippen LogP contribution in [0.2, 0.25) is 0 Å². The molecule has 1 amide bonds. The molecule has 22 heavy (non-hydrogen) atoms. The third-order valence-corrected chi connectivity index (χ3v) is 3.09. The Morgan fingerprint density at radius 3 is 2.91 bits per heavy atom. The molecular formula is C15H17NO6. The Bertz CT molecular complexity index is 571. The van der Waals surface area contributed by atoms with Crippen LogP contribution in [0.5, 0.6) is 11.5 Å². The maximum absolute atomic E-state index is 11.3. The fraction of sp³-hybridized carbons (Fsp3) is 0.333. The van der Waals surface area contributed by atoms with Gasteiger partial charge in [0.25, 0.3) is 0 Å². The first-order chi connectivity index (χ1) is 10.6. The standard InChI is InChI=1S/C15H17NO6/c1-2-5-20-15(19)16-8-11(14(17)18)6-10-3-4-12-13(7-10)22-9-21-12/h2-4,7,11H,1,5-6,8-9H2,(H,16,19)(H,17,18). The Labute approximate surface area is 127 Å². The van der Waals surface area contributed by atoms with E-state index in [1.807, 2.05) is 0 Å². The van der Waals surface area contributed by atoms with E-state index in [1.165, 1.54) is 6.08 Å². The highest BCUT2D eigenvalue weighted by Gasteiger charge is 2.21. The van der Waals surface area contributed by atoms with Gasteiger partial charge in [0.05, 0.1) is 5.92 Å². The van der Waals surface area contributed by atoms with Crippen LogP contribution in [0, 0.1) is 5.92 Å². The highest BCUT2D eigenvalue weighted by atomic mass is 16.7. The van der Waals surface area contributed by atoms with E-state index in [1.54, 1.807) is 18.2 Å². The Balaban J connectivity index is 1.92. The number of nitrogens with one attached hydrogen (secondary N) is 1. The molecule has 1 heterocycles. The van der Waals surface area contributed by atoms with Gasteiger partial charge in [0.2, 0.25) is 6.79 Å². The second kappa shape index (κ2) is 7.35. The van der Waals surface area contributed by atoms with Crippen LogP contribution in [-0.2, 0) is 16.0 Å². The number of ether oxygens (including phenoxy) is 3. The number of aliphatic carboxylic acids is 1. The molecule has 1 unspecified atom stereocenters. The minimum Gasteiger partial charge on any atom is -0.481 e. The van der Waals surface area contributed by atoms with Crippen LogP contribution in [0.1, 0.15) is 5.56 Å². The Morgan fingerprint density at radius 1 is 1.41 bits per heavy atom. The van der Waals surface area contributed by atoms with Crippen molar-refractivity contribution in [2.45, 2.75) is 6.42 Å². The van der Waals surface area contributed by atoms with E-state index in [9.17, 15) is 14.7 Å². The monoisotopic (exact) mass is 307 g/mol. The summed E-state index contributed by atoms with van der Waals surface area (Å²) >= 11 is 0. The van der Waals surface area contributed by atoms with Crippen molar-refractivity contribution in [2.24, 2.45) is 5.92 Å². The Kier molecular flexibility index (Phi) is 5.24. The zero-order valence-electron chi connectivity index (χ0n) is 11.9. The smallest absolute Gasteiger partial charge is 0.407 e. The van der Waals surface area contributed by atoms with Gasteiger partial charge in [-0.2, -0.15) is 0 Å². The predicted molar refractivity (Wildman–Crippen MR) is 76.9 cm³/mol. The van der Waals surface area contributed by atoms with Gasteiger partial charge >= 0.3 is 12.1 Å². The second-order valence-electron chi connectivity index (χ2n) is 4.69. The summed E-state index contributed by atoms with van der Waals surface area (Å²) in [7, 11) is 0. The fourth-order valence-corrected chi connectivity index (χ4v) is 1.99. The number of carbonyl (C=O) groups is 2. The van der Waals surface area contributed by atoms with Gasteiger partial charge in [-0.25, -0.2) is 4.79 Å². The van der Waals surface area contributed by atoms with Gasteiger partial charge < -0.3 is 24.6 Å². The molecule has 2 rings (SSSR count). The van der Waals surface area contributed by atoms with Crippen molar-refractivity contribution in [3.05, 3.63) is 36.4 Å². The average molecular weight is 307 g/mol. The van der Waals surface area contributed by atoms with E-state index in [4.69, 9.17) is 14.2 Å². The summed E-state index contributed by atoms with van der Waals surface area (Å²) < 4.78 is 15.2. The molecule has 1 atom stereocenters. The Hall–Kier alpha value is -2.70. The van der Waals surface area contributed by atoms with Crippen molar-refractivity contribution >= 4 is 12.1 Å². The summed E-state index contributed by atoms with van der Waals surface area (Å²) in [4.78, 5) is 22.6. The summed E-state index contributed by atoms with van der Waals surface area (Å²) in [5.41, 5.74) is 0.790. The van der Waals surface area contributed by atoms with Crippen LogP contribution in [-0.4, -0.2) is 37.1 Å². The van der Waals surface area contributed by atoms with Crippen molar-refractivity contribution in [2.75, 3.05) is 19.9 Å². The number of fused-ring (bicyclic) bond motifs is 1. The average Bonchev–Trinajstić information content (AvgIpc) is 2.96. The second-order valence-corrected chi connectivity index (χ2v) is 4.69. The van der Waals surface area contributed by atoms with Crippen molar-refractivity contribution < 1.29 is 28.9 Å². The quantitative estimate of drug-likeness (QED) is 0.743. The lowest BCUT2D eigenvalue weighted by molar-refractivity contribution is -0.141. The number of hydrogen-bond acceptors (Lipinski definition) is 5. The third-order valence-electron chi connectivity index (χ3n) is 3.09. The molecule has 118 valence electrons. The molecule has 0 aromatic heterocycles. The number of hydrogen-bond donors (Lipinski definition) is 2. The van der Waals surface area contributed by atoms with Crippen molar-refractivity contribution in [3.63, 3.8) is 0 Å². The topological polar surface area (TPSA) is 94.1 Å². The largest absolute Gasteiger partial charge is 0.481 e. The Morgan fingerprint density at radius 2 is 2.18 bits per heavy atom. The summed E-state index contributed by atoms with van der Waals surface area (Å²) in [5.74, 6) is -0.528. The maximum Gasteiger partial charge on any atom is 0.407 e. The highest BCUT2D eigenvalue weighted by molar-refractivity contribution is 5.73. The summed E-state index contributed by atoms with van der Waals surface area (Å²) in [5, 5.41) is 11.7. The van der Waals surface area contributed by atoms with Gasteiger partial charge in [-0.3, -0.25) is 4.79 Å². The number of rotatable bonds is 7. The first-order valence-corrected chi connectivity index (χ1v) is 6.73. The highest BCUT2D eigenvalue weighted by Crippen LogP contribution is 2.33.